The van der Waals surface area contributed by atoms with E-state index in [1.807, 2.05) is 31.2 Å². The number of ether oxygens (including phenoxy) is 2. The molecule has 112 valence electrons. The van der Waals surface area contributed by atoms with Crippen LogP contribution in [-0.2, 0) is 9.53 Å². The van der Waals surface area contributed by atoms with Crippen LogP contribution < -0.4 is 15.4 Å². The number of carbonyl (C=O) groups excluding carboxylic acids is 1. The molecule has 20 heavy (non-hydrogen) atoms. The first kappa shape index (κ1) is 16.8. The molecule has 1 aliphatic heterocycles. The second-order valence-electron chi connectivity index (χ2n) is 4.54. The van der Waals surface area contributed by atoms with Crippen molar-refractivity contribution >= 4 is 18.3 Å². The minimum atomic E-state index is -0.243. The zero-order valence-electron chi connectivity index (χ0n) is 11.6. The summed E-state index contributed by atoms with van der Waals surface area (Å²) >= 11 is 0. The third-order valence-corrected chi connectivity index (χ3v) is 2.90. The number of nitrogens with one attached hydrogen (secondary N) is 2. The molecule has 5 nitrogen and oxygen atoms in total. The molecule has 2 rings (SSSR count). The SMILES string of the molecule is Cc1cccc(OCCNC(=O)C2COCCN2)c1.Cl. The Balaban J connectivity index is 0.00000200. The smallest absolute Gasteiger partial charge is 0.239 e. The molecule has 2 N–H and O–H groups in total. The monoisotopic (exact) mass is 300 g/mol. The maximum atomic E-state index is 11.8. The molecule has 0 bridgehead atoms. The third kappa shape index (κ3) is 5.36. The summed E-state index contributed by atoms with van der Waals surface area (Å²) < 4.78 is 10.8. The molecule has 1 aliphatic rings. The Morgan fingerprint density at radius 1 is 1.55 bits per heavy atom. The van der Waals surface area contributed by atoms with Gasteiger partial charge >= 0.3 is 0 Å². The molecule has 0 saturated carbocycles. The molecule has 0 radical (unpaired) electrons. The van der Waals surface area contributed by atoms with Crippen molar-refractivity contribution in [2.24, 2.45) is 0 Å². The van der Waals surface area contributed by atoms with Crippen LogP contribution in [0.2, 0.25) is 0 Å². The number of aryl methyl sites for hydroxylation is 1. The zero-order chi connectivity index (χ0) is 13.5. The summed E-state index contributed by atoms with van der Waals surface area (Å²) in [6.07, 6.45) is 0. The molecule has 1 atom stereocenters. The Labute approximate surface area is 125 Å². The lowest BCUT2D eigenvalue weighted by molar-refractivity contribution is -0.126. The van der Waals surface area contributed by atoms with Crippen molar-refractivity contribution in [1.29, 1.82) is 0 Å². The highest BCUT2D eigenvalue weighted by Gasteiger charge is 2.20. The van der Waals surface area contributed by atoms with E-state index in [0.29, 0.717) is 26.4 Å². The van der Waals surface area contributed by atoms with E-state index >= 15 is 0 Å². The van der Waals surface area contributed by atoms with Crippen LogP contribution in [-0.4, -0.2) is 44.9 Å². The van der Waals surface area contributed by atoms with E-state index in [9.17, 15) is 4.79 Å². The van der Waals surface area contributed by atoms with Gasteiger partial charge in [0, 0.05) is 6.54 Å². The van der Waals surface area contributed by atoms with Crippen LogP contribution in [0.1, 0.15) is 5.56 Å². The van der Waals surface area contributed by atoms with E-state index in [1.165, 1.54) is 0 Å². The number of carbonyl (C=O) groups is 1. The third-order valence-electron chi connectivity index (χ3n) is 2.90. The molecule has 1 heterocycles. The van der Waals surface area contributed by atoms with E-state index in [2.05, 4.69) is 10.6 Å². The Bertz CT molecular complexity index is 423. The summed E-state index contributed by atoms with van der Waals surface area (Å²) in [5.74, 6) is 0.793. The van der Waals surface area contributed by atoms with Crippen molar-refractivity contribution in [2.75, 3.05) is 32.9 Å². The average molecular weight is 301 g/mol. The minimum Gasteiger partial charge on any atom is -0.492 e. The summed E-state index contributed by atoms with van der Waals surface area (Å²) in [6.45, 7) is 4.79. The highest BCUT2D eigenvalue weighted by molar-refractivity contribution is 5.85. The topological polar surface area (TPSA) is 59.6 Å². The van der Waals surface area contributed by atoms with Gasteiger partial charge in [0.05, 0.1) is 19.8 Å². The summed E-state index contributed by atoms with van der Waals surface area (Å²) in [5, 5.41) is 5.94. The largest absolute Gasteiger partial charge is 0.492 e. The molecule has 1 aromatic carbocycles. The summed E-state index contributed by atoms with van der Waals surface area (Å²) in [5.41, 5.74) is 1.16. The fourth-order valence-corrected chi connectivity index (χ4v) is 1.91. The maximum Gasteiger partial charge on any atom is 0.239 e. The Morgan fingerprint density at radius 2 is 2.40 bits per heavy atom. The molecule has 1 unspecified atom stereocenters. The van der Waals surface area contributed by atoms with Crippen molar-refractivity contribution < 1.29 is 14.3 Å². The molecule has 0 aliphatic carbocycles. The standard InChI is InChI=1S/C14H20N2O3.ClH/c1-11-3-2-4-12(9-11)19-8-6-16-14(17)13-10-18-7-5-15-13;/h2-4,9,13,15H,5-8,10H2,1H3,(H,16,17);1H. The second kappa shape index (κ2) is 8.79. The van der Waals surface area contributed by atoms with E-state index in [0.717, 1.165) is 17.9 Å². The molecule has 0 aromatic heterocycles. The first-order chi connectivity index (χ1) is 9.25. The van der Waals surface area contributed by atoms with Crippen molar-refractivity contribution in [3.8, 4) is 5.75 Å². The van der Waals surface area contributed by atoms with E-state index in [4.69, 9.17) is 9.47 Å². The van der Waals surface area contributed by atoms with E-state index in [1.54, 1.807) is 0 Å². The van der Waals surface area contributed by atoms with Crippen molar-refractivity contribution in [1.82, 2.24) is 10.6 Å². The van der Waals surface area contributed by atoms with Gasteiger partial charge in [-0.25, -0.2) is 0 Å². The van der Waals surface area contributed by atoms with Gasteiger partial charge in [-0.2, -0.15) is 0 Å². The van der Waals surface area contributed by atoms with Gasteiger partial charge in [-0.05, 0) is 24.6 Å². The number of hydrogen-bond donors (Lipinski definition) is 2. The number of morpholine rings is 1. The highest BCUT2D eigenvalue weighted by atomic mass is 35.5. The van der Waals surface area contributed by atoms with Crippen molar-refractivity contribution in [2.45, 2.75) is 13.0 Å². The predicted octanol–water partition coefficient (Wildman–Crippen LogP) is 0.900. The van der Waals surface area contributed by atoms with Gasteiger partial charge in [-0.1, -0.05) is 12.1 Å². The molecule has 1 amide bonds. The predicted molar refractivity (Wildman–Crippen MR) is 79.5 cm³/mol. The van der Waals surface area contributed by atoms with Crippen LogP contribution >= 0.6 is 12.4 Å². The number of benzene rings is 1. The van der Waals surface area contributed by atoms with Crippen LogP contribution in [0.4, 0.5) is 0 Å². The molecule has 1 fully saturated rings. The van der Waals surface area contributed by atoms with Crippen LogP contribution in [0.15, 0.2) is 24.3 Å². The van der Waals surface area contributed by atoms with Gasteiger partial charge in [0.25, 0.3) is 0 Å². The van der Waals surface area contributed by atoms with Crippen LogP contribution in [0.25, 0.3) is 0 Å². The van der Waals surface area contributed by atoms with E-state index < -0.39 is 0 Å². The van der Waals surface area contributed by atoms with Gasteiger partial charge in [-0.15, -0.1) is 12.4 Å². The molecule has 6 heteroatoms. The highest BCUT2D eigenvalue weighted by Crippen LogP contribution is 2.11. The first-order valence-corrected chi connectivity index (χ1v) is 6.54. The first-order valence-electron chi connectivity index (χ1n) is 6.54. The van der Waals surface area contributed by atoms with Crippen molar-refractivity contribution in [3.05, 3.63) is 29.8 Å². The second-order valence-corrected chi connectivity index (χ2v) is 4.54. The van der Waals surface area contributed by atoms with Crippen molar-refractivity contribution in [3.63, 3.8) is 0 Å². The van der Waals surface area contributed by atoms with Gasteiger partial charge in [-0.3, -0.25) is 4.79 Å². The van der Waals surface area contributed by atoms with E-state index in [-0.39, 0.29) is 24.4 Å². The Morgan fingerprint density at radius 3 is 3.10 bits per heavy atom. The molecular weight excluding hydrogens is 280 g/mol. The van der Waals surface area contributed by atoms with Gasteiger partial charge in [0.1, 0.15) is 18.4 Å². The molecule has 1 aromatic rings. The van der Waals surface area contributed by atoms with Gasteiger partial charge in [0.15, 0.2) is 0 Å². The number of hydrogen-bond acceptors (Lipinski definition) is 4. The average Bonchev–Trinajstić information content (AvgIpc) is 2.44. The summed E-state index contributed by atoms with van der Waals surface area (Å²) in [7, 11) is 0. The number of amides is 1. The molecule has 0 spiro atoms. The molecule has 1 saturated heterocycles. The van der Waals surface area contributed by atoms with Gasteiger partial charge in [0.2, 0.25) is 5.91 Å². The summed E-state index contributed by atoms with van der Waals surface area (Å²) in [6, 6.07) is 7.60. The normalized spacial score (nSPS) is 17.9. The lowest BCUT2D eigenvalue weighted by atomic mass is 10.2. The van der Waals surface area contributed by atoms with Gasteiger partial charge < -0.3 is 20.1 Å². The fourth-order valence-electron chi connectivity index (χ4n) is 1.91. The van der Waals surface area contributed by atoms with Crippen LogP contribution in [0.3, 0.4) is 0 Å². The Hall–Kier alpha value is -1.30. The molecular formula is C14H21ClN2O3. The maximum absolute atomic E-state index is 11.8. The Kier molecular flexibility index (Phi) is 7.36. The summed E-state index contributed by atoms with van der Waals surface area (Å²) in [4.78, 5) is 11.8. The van der Waals surface area contributed by atoms with Crippen LogP contribution in [0, 0.1) is 6.92 Å². The lowest BCUT2D eigenvalue weighted by Crippen LogP contribution is -2.51. The number of rotatable bonds is 5. The number of halogens is 1. The zero-order valence-corrected chi connectivity index (χ0v) is 12.4. The minimum absolute atomic E-state index is 0. The van der Waals surface area contributed by atoms with Crippen LogP contribution in [0.5, 0.6) is 5.75 Å². The quantitative estimate of drug-likeness (QED) is 0.793. The fraction of sp³-hybridized carbons (Fsp3) is 0.500. The lowest BCUT2D eigenvalue weighted by Gasteiger charge is -2.22.